The molecular formula is C16H25NO4. The van der Waals surface area contributed by atoms with Crippen molar-refractivity contribution in [2.75, 3.05) is 34.5 Å². The molecule has 0 radical (unpaired) electrons. The summed E-state index contributed by atoms with van der Waals surface area (Å²) in [6.45, 7) is 3.01. The fourth-order valence-electron chi connectivity index (χ4n) is 2.10. The lowest BCUT2D eigenvalue weighted by Gasteiger charge is -2.28. The van der Waals surface area contributed by atoms with E-state index in [1.165, 1.54) is 7.11 Å². The van der Waals surface area contributed by atoms with Crippen molar-refractivity contribution in [2.24, 2.45) is 0 Å². The number of esters is 1. The molecule has 0 amide bonds. The first-order valence-corrected chi connectivity index (χ1v) is 7.01. The van der Waals surface area contributed by atoms with Crippen molar-refractivity contribution in [3.8, 4) is 5.75 Å². The van der Waals surface area contributed by atoms with E-state index in [2.05, 4.69) is 5.32 Å². The maximum Gasteiger partial charge on any atom is 0.325 e. The molecule has 0 aliphatic heterocycles. The second kappa shape index (κ2) is 8.64. The molecule has 1 aromatic rings. The number of hydrogen-bond donors (Lipinski definition) is 1. The van der Waals surface area contributed by atoms with E-state index in [0.717, 1.165) is 17.7 Å². The molecule has 1 unspecified atom stereocenters. The van der Waals surface area contributed by atoms with Crippen LogP contribution in [0.4, 0.5) is 0 Å². The van der Waals surface area contributed by atoms with Gasteiger partial charge in [0, 0.05) is 13.7 Å². The van der Waals surface area contributed by atoms with Crippen LogP contribution in [0.25, 0.3) is 0 Å². The molecule has 0 spiro atoms. The topological polar surface area (TPSA) is 56.8 Å². The van der Waals surface area contributed by atoms with Crippen LogP contribution in [-0.4, -0.2) is 46.0 Å². The predicted molar refractivity (Wildman–Crippen MR) is 81.6 cm³/mol. The highest BCUT2D eigenvalue weighted by Gasteiger charge is 2.33. The highest BCUT2D eigenvalue weighted by atomic mass is 16.5. The highest BCUT2D eigenvalue weighted by Crippen LogP contribution is 2.18. The first kappa shape index (κ1) is 17.5. The maximum absolute atomic E-state index is 12.0. The quantitative estimate of drug-likeness (QED) is 0.556. The molecule has 21 heavy (non-hydrogen) atoms. The van der Waals surface area contributed by atoms with Gasteiger partial charge < -0.3 is 14.2 Å². The van der Waals surface area contributed by atoms with Gasteiger partial charge in [0.1, 0.15) is 11.3 Å². The molecule has 0 fully saturated rings. The van der Waals surface area contributed by atoms with Gasteiger partial charge in [0.15, 0.2) is 0 Å². The van der Waals surface area contributed by atoms with Gasteiger partial charge in [-0.3, -0.25) is 10.1 Å². The largest absolute Gasteiger partial charge is 0.497 e. The Kier molecular flexibility index (Phi) is 7.19. The van der Waals surface area contributed by atoms with Crippen molar-refractivity contribution in [1.82, 2.24) is 5.32 Å². The Balaban J connectivity index is 2.64. The number of aryl methyl sites for hydroxylation is 1. The van der Waals surface area contributed by atoms with Crippen molar-refractivity contribution in [2.45, 2.75) is 25.3 Å². The molecule has 1 N–H and O–H groups in total. The fraction of sp³-hybridized carbons (Fsp3) is 0.562. The standard InChI is InChI=1S/C16H25NO4/c1-16(15(18)21-4,17-11-12-19-2)10-9-13-5-7-14(20-3)8-6-13/h5-8,17H,9-12H2,1-4H3. The SMILES string of the molecule is COCCNC(C)(CCc1ccc(OC)cc1)C(=O)OC. The zero-order chi connectivity index (χ0) is 15.7. The average Bonchev–Trinajstić information content (AvgIpc) is 2.52. The van der Waals surface area contributed by atoms with Crippen molar-refractivity contribution in [3.63, 3.8) is 0 Å². The molecule has 1 aromatic carbocycles. The molecule has 0 saturated heterocycles. The van der Waals surface area contributed by atoms with Gasteiger partial charge >= 0.3 is 5.97 Å². The van der Waals surface area contributed by atoms with Crippen LogP contribution < -0.4 is 10.1 Å². The molecule has 118 valence electrons. The molecule has 0 saturated carbocycles. The number of rotatable bonds is 9. The third-order valence-corrected chi connectivity index (χ3v) is 3.53. The van der Waals surface area contributed by atoms with E-state index in [9.17, 15) is 4.79 Å². The highest BCUT2D eigenvalue weighted by molar-refractivity contribution is 5.80. The summed E-state index contributed by atoms with van der Waals surface area (Å²) in [5.74, 6) is 0.569. The Bertz CT molecular complexity index is 432. The molecule has 0 aliphatic carbocycles. The molecule has 5 nitrogen and oxygen atoms in total. The van der Waals surface area contributed by atoms with E-state index in [1.54, 1.807) is 14.2 Å². The number of methoxy groups -OCH3 is 3. The minimum Gasteiger partial charge on any atom is -0.497 e. The van der Waals surface area contributed by atoms with Crippen LogP contribution in [0.3, 0.4) is 0 Å². The third-order valence-electron chi connectivity index (χ3n) is 3.53. The van der Waals surface area contributed by atoms with Gasteiger partial charge in [0.2, 0.25) is 0 Å². The van der Waals surface area contributed by atoms with E-state index < -0.39 is 5.54 Å². The summed E-state index contributed by atoms with van der Waals surface area (Å²) in [6, 6.07) is 7.85. The molecular weight excluding hydrogens is 270 g/mol. The Labute approximate surface area is 126 Å². The second-order valence-electron chi connectivity index (χ2n) is 5.09. The number of benzene rings is 1. The first-order valence-electron chi connectivity index (χ1n) is 7.01. The van der Waals surface area contributed by atoms with E-state index in [4.69, 9.17) is 14.2 Å². The lowest BCUT2D eigenvalue weighted by atomic mass is 9.93. The number of nitrogens with one attached hydrogen (secondary N) is 1. The van der Waals surface area contributed by atoms with Crippen LogP contribution >= 0.6 is 0 Å². The summed E-state index contributed by atoms with van der Waals surface area (Å²) >= 11 is 0. The van der Waals surface area contributed by atoms with Crippen LogP contribution in [0.15, 0.2) is 24.3 Å². The first-order chi connectivity index (χ1) is 10.1. The Morgan fingerprint density at radius 3 is 2.38 bits per heavy atom. The average molecular weight is 295 g/mol. The smallest absolute Gasteiger partial charge is 0.325 e. The maximum atomic E-state index is 12.0. The van der Waals surface area contributed by atoms with Gasteiger partial charge in [-0.25, -0.2) is 0 Å². The zero-order valence-corrected chi connectivity index (χ0v) is 13.3. The van der Waals surface area contributed by atoms with Crippen molar-refractivity contribution in [3.05, 3.63) is 29.8 Å². The third kappa shape index (κ3) is 5.36. The number of ether oxygens (including phenoxy) is 3. The van der Waals surface area contributed by atoms with Crippen LogP contribution in [-0.2, 0) is 20.7 Å². The van der Waals surface area contributed by atoms with E-state index >= 15 is 0 Å². The Hall–Kier alpha value is -1.59. The summed E-state index contributed by atoms with van der Waals surface area (Å²) < 4.78 is 15.1. The molecule has 5 heteroatoms. The molecule has 0 aromatic heterocycles. The summed E-state index contributed by atoms with van der Waals surface area (Å²) in [6.07, 6.45) is 1.42. The predicted octanol–water partition coefficient (Wildman–Crippen LogP) is 1.80. The van der Waals surface area contributed by atoms with Gasteiger partial charge in [0.25, 0.3) is 0 Å². The Morgan fingerprint density at radius 1 is 1.19 bits per heavy atom. The summed E-state index contributed by atoms with van der Waals surface area (Å²) in [7, 11) is 4.68. The Morgan fingerprint density at radius 2 is 1.86 bits per heavy atom. The van der Waals surface area contributed by atoms with Gasteiger partial charge in [-0.15, -0.1) is 0 Å². The van der Waals surface area contributed by atoms with Crippen molar-refractivity contribution < 1.29 is 19.0 Å². The fourth-order valence-corrected chi connectivity index (χ4v) is 2.10. The second-order valence-corrected chi connectivity index (χ2v) is 5.09. The van der Waals surface area contributed by atoms with Gasteiger partial charge in [-0.2, -0.15) is 0 Å². The molecule has 0 aliphatic rings. The summed E-state index contributed by atoms with van der Waals surface area (Å²) in [4.78, 5) is 12.0. The van der Waals surface area contributed by atoms with Crippen LogP contribution in [0.1, 0.15) is 18.9 Å². The molecule has 0 heterocycles. The number of carbonyl (C=O) groups is 1. The zero-order valence-electron chi connectivity index (χ0n) is 13.3. The van der Waals surface area contributed by atoms with E-state index in [1.807, 2.05) is 31.2 Å². The van der Waals surface area contributed by atoms with Gasteiger partial charge in [0.05, 0.1) is 20.8 Å². The van der Waals surface area contributed by atoms with Crippen molar-refractivity contribution >= 4 is 5.97 Å². The summed E-state index contributed by atoms with van der Waals surface area (Å²) in [5.41, 5.74) is 0.437. The monoisotopic (exact) mass is 295 g/mol. The van der Waals surface area contributed by atoms with Gasteiger partial charge in [-0.1, -0.05) is 12.1 Å². The lowest BCUT2D eigenvalue weighted by molar-refractivity contribution is -0.148. The number of carbonyl (C=O) groups excluding carboxylic acids is 1. The normalized spacial score (nSPS) is 13.5. The van der Waals surface area contributed by atoms with Crippen LogP contribution in [0, 0.1) is 0 Å². The lowest BCUT2D eigenvalue weighted by Crippen LogP contribution is -2.51. The molecule has 1 rings (SSSR count). The van der Waals surface area contributed by atoms with E-state index in [0.29, 0.717) is 19.6 Å². The number of hydrogen-bond acceptors (Lipinski definition) is 5. The van der Waals surface area contributed by atoms with Crippen LogP contribution in [0.2, 0.25) is 0 Å². The minimum absolute atomic E-state index is 0.257. The summed E-state index contributed by atoms with van der Waals surface area (Å²) in [5, 5.41) is 3.22. The van der Waals surface area contributed by atoms with Crippen LogP contribution in [0.5, 0.6) is 5.75 Å². The minimum atomic E-state index is -0.715. The van der Waals surface area contributed by atoms with E-state index in [-0.39, 0.29) is 5.97 Å². The molecule has 1 atom stereocenters. The van der Waals surface area contributed by atoms with Gasteiger partial charge in [-0.05, 0) is 37.5 Å². The molecule has 0 bridgehead atoms. The van der Waals surface area contributed by atoms with Crippen molar-refractivity contribution in [1.29, 1.82) is 0 Å².